The van der Waals surface area contributed by atoms with Crippen LogP contribution in [0.3, 0.4) is 0 Å². The SMILES string of the molecule is CCCCN(CC(N)=O)C(=O)c1cc(N)cn1C1CC1. The molecular weight excluding hydrogens is 256 g/mol. The van der Waals surface area contributed by atoms with Crippen LogP contribution in [0.2, 0.25) is 0 Å². The first kappa shape index (κ1) is 14.4. The Labute approximate surface area is 118 Å². The van der Waals surface area contributed by atoms with Gasteiger partial charge >= 0.3 is 0 Å². The van der Waals surface area contributed by atoms with E-state index in [0.717, 1.165) is 25.7 Å². The highest BCUT2D eigenvalue weighted by atomic mass is 16.2. The van der Waals surface area contributed by atoms with Gasteiger partial charge in [0.1, 0.15) is 5.69 Å². The number of rotatable bonds is 7. The molecule has 20 heavy (non-hydrogen) atoms. The Morgan fingerprint density at radius 3 is 2.70 bits per heavy atom. The van der Waals surface area contributed by atoms with Crippen molar-refractivity contribution in [1.29, 1.82) is 0 Å². The van der Waals surface area contributed by atoms with Crippen molar-refractivity contribution in [3.63, 3.8) is 0 Å². The summed E-state index contributed by atoms with van der Waals surface area (Å²) in [6, 6.07) is 2.05. The van der Waals surface area contributed by atoms with E-state index in [2.05, 4.69) is 0 Å². The van der Waals surface area contributed by atoms with Crippen molar-refractivity contribution in [1.82, 2.24) is 9.47 Å². The Morgan fingerprint density at radius 2 is 2.15 bits per heavy atom. The van der Waals surface area contributed by atoms with Gasteiger partial charge in [0.15, 0.2) is 0 Å². The third kappa shape index (κ3) is 3.31. The summed E-state index contributed by atoms with van der Waals surface area (Å²) in [6.07, 6.45) is 5.73. The molecule has 1 aromatic rings. The van der Waals surface area contributed by atoms with E-state index in [1.165, 1.54) is 4.90 Å². The Kier molecular flexibility index (Phi) is 4.32. The molecule has 1 heterocycles. The lowest BCUT2D eigenvalue weighted by Gasteiger charge is -2.21. The fourth-order valence-electron chi connectivity index (χ4n) is 2.28. The van der Waals surface area contributed by atoms with E-state index in [0.29, 0.717) is 24.0 Å². The molecule has 0 bridgehead atoms. The van der Waals surface area contributed by atoms with Crippen molar-refractivity contribution in [3.8, 4) is 0 Å². The van der Waals surface area contributed by atoms with Gasteiger partial charge < -0.3 is 20.9 Å². The first-order chi connectivity index (χ1) is 9.52. The minimum atomic E-state index is -0.494. The highest BCUT2D eigenvalue weighted by Crippen LogP contribution is 2.37. The topological polar surface area (TPSA) is 94.3 Å². The quantitative estimate of drug-likeness (QED) is 0.782. The Morgan fingerprint density at radius 1 is 1.45 bits per heavy atom. The molecule has 0 aromatic carbocycles. The summed E-state index contributed by atoms with van der Waals surface area (Å²) in [6.45, 7) is 2.53. The normalized spacial score (nSPS) is 14.2. The number of nitrogens with two attached hydrogens (primary N) is 2. The summed E-state index contributed by atoms with van der Waals surface area (Å²) >= 11 is 0. The van der Waals surface area contributed by atoms with E-state index in [1.807, 2.05) is 11.5 Å². The summed E-state index contributed by atoms with van der Waals surface area (Å²) in [4.78, 5) is 25.2. The van der Waals surface area contributed by atoms with E-state index >= 15 is 0 Å². The van der Waals surface area contributed by atoms with Crippen molar-refractivity contribution in [2.45, 2.75) is 38.6 Å². The van der Waals surface area contributed by atoms with E-state index in [-0.39, 0.29) is 12.5 Å². The number of hydrogen-bond acceptors (Lipinski definition) is 3. The Balaban J connectivity index is 2.19. The molecule has 1 aliphatic carbocycles. The lowest BCUT2D eigenvalue weighted by molar-refractivity contribution is -0.118. The number of primary amides is 1. The highest BCUT2D eigenvalue weighted by Gasteiger charge is 2.29. The van der Waals surface area contributed by atoms with Crippen LogP contribution in [0.4, 0.5) is 5.69 Å². The van der Waals surface area contributed by atoms with Gasteiger partial charge in [-0.15, -0.1) is 0 Å². The highest BCUT2D eigenvalue weighted by molar-refractivity contribution is 5.96. The zero-order valence-corrected chi connectivity index (χ0v) is 11.8. The van der Waals surface area contributed by atoms with Crippen molar-refractivity contribution >= 4 is 17.5 Å². The van der Waals surface area contributed by atoms with Crippen LogP contribution < -0.4 is 11.5 Å². The van der Waals surface area contributed by atoms with Crippen LogP contribution in [0.15, 0.2) is 12.3 Å². The summed E-state index contributed by atoms with van der Waals surface area (Å²) < 4.78 is 1.93. The predicted molar refractivity (Wildman–Crippen MR) is 77.1 cm³/mol. The van der Waals surface area contributed by atoms with E-state index in [4.69, 9.17) is 11.5 Å². The number of carbonyl (C=O) groups is 2. The number of unbranched alkanes of at least 4 members (excludes halogenated alkanes) is 1. The molecule has 2 amide bonds. The number of nitrogens with zero attached hydrogens (tertiary/aromatic N) is 2. The summed E-state index contributed by atoms with van der Waals surface area (Å²) in [5.74, 6) is -0.659. The van der Waals surface area contributed by atoms with Gasteiger partial charge in [-0.05, 0) is 25.3 Å². The molecule has 0 spiro atoms. The molecule has 0 radical (unpaired) electrons. The van der Waals surface area contributed by atoms with Crippen LogP contribution in [0, 0.1) is 0 Å². The summed E-state index contributed by atoms with van der Waals surface area (Å²) in [7, 11) is 0. The number of aromatic nitrogens is 1. The first-order valence-corrected chi connectivity index (χ1v) is 7.07. The molecule has 0 saturated heterocycles. The number of carbonyl (C=O) groups excluding carboxylic acids is 2. The second kappa shape index (κ2) is 5.98. The van der Waals surface area contributed by atoms with E-state index < -0.39 is 5.91 Å². The first-order valence-electron chi connectivity index (χ1n) is 7.07. The average Bonchev–Trinajstić information content (AvgIpc) is 3.16. The molecular formula is C14H22N4O2. The number of amides is 2. The Hall–Kier alpha value is -1.98. The molecule has 1 aromatic heterocycles. The summed E-state index contributed by atoms with van der Waals surface area (Å²) in [5, 5.41) is 0. The lowest BCUT2D eigenvalue weighted by atomic mass is 10.2. The monoisotopic (exact) mass is 278 g/mol. The molecule has 110 valence electrons. The van der Waals surface area contributed by atoms with Crippen molar-refractivity contribution in [2.75, 3.05) is 18.8 Å². The molecule has 0 atom stereocenters. The zero-order valence-electron chi connectivity index (χ0n) is 11.8. The van der Waals surface area contributed by atoms with Gasteiger partial charge in [-0.1, -0.05) is 13.3 Å². The molecule has 6 heteroatoms. The maximum atomic E-state index is 12.6. The fraction of sp³-hybridized carbons (Fsp3) is 0.571. The zero-order chi connectivity index (χ0) is 14.7. The van der Waals surface area contributed by atoms with E-state index in [1.54, 1.807) is 12.3 Å². The van der Waals surface area contributed by atoms with Gasteiger partial charge in [0, 0.05) is 18.8 Å². The Bertz CT molecular complexity index is 505. The predicted octanol–water partition coefficient (Wildman–Crippen LogP) is 1.13. The number of nitrogen functional groups attached to an aromatic ring is 1. The molecule has 4 N–H and O–H groups in total. The molecule has 0 unspecified atom stereocenters. The average molecular weight is 278 g/mol. The van der Waals surface area contributed by atoms with Crippen molar-refractivity contribution < 1.29 is 9.59 Å². The maximum absolute atomic E-state index is 12.6. The molecule has 1 aliphatic rings. The van der Waals surface area contributed by atoms with Gasteiger partial charge in [-0.25, -0.2) is 0 Å². The molecule has 2 rings (SSSR count). The van der Waals surface area contributed by atoms with E-state index in [9.17, 15) is 9.59 Å². The van der Waals surface area contributed by atoms with Crippen molar-refractivity contribution in [3.05, 3.63) is 18.0 Å². The van der Waals surface area contributed by atoms with Crippen LogP contribution >= 0.6 is 0 Å². The van der Waals surface area contributed by atoms with Gasteiger partial charge in [0.05, 0.1) is 12.2 Å². The second-order valence-electron chi connectivity index (χ2n) is 5.34. The van der Waals surface area contributed by atoms with Crippen LogP contribution in [0.1, 0.15) is 49.1 Å². The van der Waals surface area contributed by atoms with Crippen LogP contribution in [-0.2, 0) is 4.79 Å². The summed E-state index contributed by atoms with van der Waals surface area (Å²) in [5.41, 5.74) is 12.2. The van der Waals surface area contributed by atoms with Gasteiger partial charge in [-0.3, -0.25) is 9.59 Å². The molecule has 0 aliphatic heterocycles. The molecule has 6 nitrogen and oxygen atoms in total. The fourth-order valence-corrected chi connectivity index (χ4v) is 2.28. The second-order valence-corrected chi connectivity index (χ2v) is 5.34. The van der Waals surface area contributed by atoms with Crippen LogP contribution in [0.25, 0.3) is 0 Å². The van der Waals surface area contributed by atoms with Gasteiger partial charge in [0.25, 0.3) is 5.91 Å². The van der Waals surface area contributed by atoms with Gasteiger partial charge in [0.2, 0.25) is 5.91 Å². The molecule has 1 saturated carbocycles. The minimum absolute atomic E-state index is 0.0470. The largest absolute Gasteiger partial charge is 0.397 e. The smallest absolute Gasteiger partial charge is 0.271 e. The maximum Gasteiger partial charge on any atom is 0.271 e. The van der Waals surface area contributed by atoms with Gasteiger partial charge in [-0.2, -0.15) is 0 Å². The third-order valence-electron chi connectivity index (χ3n) is 3.44. The third-order valence-corrected chi connectivity index (χ3v) is 3.44. The van der Waals surface area contributed by atoms with Crippen molar-refractivity contribution in [2.24, 2.45) is 5.73 Å². The van der Waals surface area contributed by atoms with Crippen LogP contribution in [0.5, 0.6) is 0 Å². The number of anilines is 1. The molecule has 1 fully saturated rings. The standard InChI is InChI=1S/C14H22N4O2/c1-2-3-6-17(9-13(16)19)14(20)12-7-10(15)8-18(12)11-4-5-11/h7-8,11H,2-6,9,15H2,1H3,(H2,16,19). The number of hydrogen-bond donors (Lipinski definition) is 2. The van der Waals surface area contributed by atoms with Crippen LogP contribution in [-0.4, -0.2) is 34.4 Å². The minimum Gasteiger partial charge on any atom is -0.397 e. The lowest BCUT2D eigenvalue weighted by Crippen LogP contribution is -2.39.